The summed E-state index contributed by atoms with van der Waals surface area (Å²) in [5.74, 6) is 0.650. The summed E-state index contributed by atoms with van der Waals surface area (Å²) < 4.78 is 1.99. The average molecular weight is 326 g/mol. The van der Waals surface area contributed by atoms with Crippen LogP contribution in [0.2, 0.25) is 0 Å². The van der Waals surface area contributed by atoms with Crippen LogP contribution in [-0.2, 0) is 6.54 Å². The summed E-state index contributed by atoms with van der Waals surface area (Å²) in [4.78, 5) is 16.1. The van der Waals surface area contributed by atoms with Gasteiger partial charge < -0.3 is 15.2 Å². The summed E-state index contributed by atoms with van der Waals surface area (Å²) in [6.45, 7) is 3.39. The third-order valence-electron chi connectivity index (χ3n) is 4.79. The van der Waals surface area contributed by atoms with Gasteiger partial charge in [0.25, 0.3) is 0 Å². The van der Waals surface area contributed by atoms with Crippen LogP contribution in [0.1, 0.15) is 43.2 Å². The lowest BCUT2D eigenvalue weighted by atomic mass is 9.89. The Morgan fingerprint density at radius 1 is 1.25 bits per heavy atom. The second-order valence-corrected chi connectivity index (χ2v) is 6.66. The molecule has 0 spiro atoms. The number of nitrogens with one attached hydrogen (secondary N) is 2. The summed E-state index contributed by atoms with van der Waals surface area (Å²) in [6, 6.07) is 6.15. The van der Waals surface area contributed by atoms with Crippen LogP contribution >= 0.6 is 0 Å². The first kappa shape index (κ1) is 16.6. The van der Waals surface area contributed by atoms with Crippen molar-refractivity contribution in [3.05, 3.63) is 48.0 Å². The van der Waals surface area contributed by atoms with Crippen LogP contribution in [0.25, 0.3) is 5.69 Å². The van der Waals surface area contributed by atoms with E-state index in [1.54, 1.807) is 12.5 Å². The van der Waals surface area contributed by atoms with Crippen LogP contribution in [0, 0.1) is 12.8 Å². The molecule has 1 heterocycles. The van der Waals surface area contributed by atoms with Gasteiger partial charge in [-0.15, -0.1) is 0 Å². The minimum atomic E-state index is -0.0784. The SMILES string of the molecule is Cc1ccc(CNC(=O)NCC2CCCCC2)cc1-n1ccnc1. The fraction of sp³-hybridized carbons (Fsp3) is 0.474. The Morgan fingerprint density at radius 2 is 2.08 bits per heavy atom. The Labute approximate surface area is 143 Å². The molecular formula is C19H26N4O. The zero-order chi connectivity index (χ0) is 16.8. The number of carbonyl (C=O) groups is 1. The fourth-order valence-electron chi connectivity index (χ4n) is 3.32. The molecule has 5 heteroatoms. The minimum Gasteiger partial charge on any atom is -0.338 e. The van der Waals surface area contributed by atoms with Crippen molar-refractivity contribution in [1.82, 2.24) is 20.2 Å². The van der Waals surface area contributed by atoms with Crippen LogP contribution in [0.4, 0.5) is 4.79 Å². The lowest BCUT2D eigenvalue weighted by Gasteiger charge is -2.21. The van der Waals surface area contributed by atoms with Gasteiger partial charge in [-0.3, -0.25) is 0 Å². The number of imidazole rings is 1. The molecule has 1 aliphatic carbocycles. The molecule has 0 atom stereocenters. The smallest absolute Gasteiger partial charge is 0.315 e. The first-order valence-corrected chi connectivity index (χ1v) is 8.82. The standard InChI is InChI=1S/C19H26N4O/c1-15-7-8-17(11-18(15)23-10-9-20-14-23)13-22-19(24)21-12-16-5-3-2-4-6-16/h7-11,14,16H,2-6,12-13H2,1H3,(H2,21,22,24). The van der Waals surface area contributed by atoms with E-state index < -0.39 is 0 Å². The van der Waals surface area contributed by atoms with Gasteiger partial charge in [0.05, 0.1) is 6.33 Å². The maximum absolute atomic E-state index is 12.0. The van der Waals surface area contributed by atoms with Gasteiger partial charge in [-0.05, 0) is 42.9 Å². The van der Waals surface area contributed by atoms with Crippen molar-refractivity contribution in [1.29, 1.82) is 0 Å². The fourth-order valence-corrected chi connectivity index (χ4v) is 3.32. The maximum atomic E-state index is 12.0. The molecule has 0 radical (unpaired) electrons. The molecule has 0 aliphatic heterocycles. The zero-order valence-electron chi connectivity index (χ0n) is 14.3. The van der Waals surface area contributed by atoms with Gasteiger partial charge in [-0.1, -0.05) is 31.4 Å². The molecular weight excluding hydrogens is 300 g/mol. The Morgan fingerprint density at radius 3 is 2.83 bits per heavy atom. The van der Waals surface area contributed by atoms with Gasteiger partial charge in [0.2, 0.25) is 0 Å². The first-order valence-electron chi connectivity index (χ1n) is 8.82. The predicted octanol–water partition coefficient (Wildman–Crippen LogP) is 3.56. The molecule has 128 valence electrons. The normalized spacial score (nSPS) is 15.2. The molecule has 5 nitrogen and oxygen atoms in total. The summed E-state index contributed by atoms with van der Waals surface area (Å²) in [5, 5.41) is 5.97. The summed E-state index contributed by atoms with van der Waals surface area (Å²) in [6.07, 6.45) is 11.9. The summed E-state index contributed by atoms with van der Waals surface area (Å²) >= 11 is 0. The maximum Gasteiger partial charge on any atom is 0.315 e. The Kier molecular flexibility index (Phi) is 5.51. The lowest BCUT2D eigenvalue weighted by molar-refractivity contribution is 0.236. The van der Waals surface area contributed by atoms with E-state index in [9.17, 15) is 4.79 Å². The molecule has 0 saturated heterocycles. The molecule has 3 rings (SSSR count). The summed E-state index contributed by atoms with van der Waals surface area (Å²) in [5.41, 5.74) is 3.35. The van der Waals surface area contributed by atoms with Gasteiger partial charge in [0, 0.05) is 31.2 Å². The van der Waals surface area contributed by atoms with E-state index in [2.05, 4.69) is 40.7 Å². The van der Waals surface area contributed by atoms with Crippen molar-refractivity contribution >= 4 is 6.03 Å². The highest BCUT2D eigenvalue weighted by molar-refractivity contribution is 5.73. The van der Waals surface area contributed by atoms with Gasteiger partial charge in [0.15, 0.2) is 0 Å². The van der Waals surface area contributed by atoms with E-state index in [1.807, 2.05) is 10.8 Å². The predicted molar refractivity (Wildman–Crippen MR) is 95.1 cm³/mol. The second kappa shape index (κ2) is 7.99. The highest BCUT2D eigenvalue weighted by atomic mass is 16.2. The molecule has 1 saturated carbocycles. The number of rotatable bonds is 5. The van der Waals surface area contributed by atoms with Crippen molar-refractivity contribution in [3.8, 4) is 5.69 Å². The van der Waals surface area contributed by atoms with Crippen molar-refractivity contribution in [2.75, 3.05) is 6.54 Å². The molecule has 24 heavy (non-hydrogen) atoms. The number of amides is 2. The lowest BCUT2D eigenvalue weighted by Crippen LogP contribution is -2.38. The Hall–Kier alpha value is -2.30. The monoisotopic (exact) mass is 326 g/mol. The first-order chi connectivity index (χ1) is 11.7. The van der Waals surface area contributed by atoms with Crippen molar-refractivity contribution < 1.29 is 4.79 Å². The number of aromatic nitrogens is 2. The number of hydrogen-bond donors (Lipinski definition) is 2. The van der Waals surface area contributed by atoms with Crippen LogP contribution in [0.5, 0.6) is 0 Å². The third-order valence-corrected chi connectivity index (χ3v) is 4.79. The van der Waals surface area contributed by atoms with E-state index in [4.69, 9.17) is 0 Å². The number of benzene rings is 1. The van der Waals surface area contributed by atoms with Gasteiger partial charge >= 0.3 is 6.03 Å². The molecule has 1 fully saturated rings. The van der Waals surface area contributed by atoms with Gasteiger partial charge in [0.1, 0.15) is 0 Å². The second-order valence-electron chi connectivity index (χ2n) is 6.66. The molecule has 0 unspecified atom stereocenters. The largest absolute Gasteiger partial charge is 0.338 e. The van der Waals surface area contributed by atoms with E-state index in [0.717, 1.165) is 17.8 Å². The van der Waals surface area contributed by atoms with E-state index in [-0.39, 0.29) is 6.03 Å². The molecule has 1 aromatic carbocycles. The quantitative estimate of drug-likeness (QED) is 0.882. The average Bonchev–Trinajstić information content (AvgIpc) is 3.14. The molecule has 2 aromatic rings. The molecule has 2 amide bonds. The number of urea groups is 1. The minimum absolute atomic E-state index is 0.0784. The van der Waals surface area contributed by atoms with Crippen LogP contribution < -0.4 is 10.6 Å². The molecule has 1 aliphatic rings. The third kappa shape index (κ3) is 4.37. The number of nitrogens with zero attached hydrogens (tertiary/aromatic N) is 2. The van der Waals surface area contributed by atoms with Crippen molar-refractivity contribution in [3.63, 3.8) is 0 Å². The molecule has 1 aromatic heterocycles. The van der Waals surface area contributed by atoms with Crippen LogP contribution in [0.3, 0.4) is 0 Å². The number of carbonyl (C=O) groups excluding carboxylic acids is 1. The van der Waals surface area contributed by atoms with Crippen molar-refractivity contribution in [2.45, 2.75) is 45.6 Å². The highest BCUT2D eigenvalue weighted by Crippen LogP contribution is 2.22. The zero-order valence-corrected chi connectivity index (χ0v) is 14.3. The van der Waals surface area contributed by atoms with Gasteiger partial charge in [-0.2, -0.15) is 0 Å². The Bertz CT molecular complexity index is 660. The van der Waals surface area contributed by atoms with Crippen molar-refractivity contribution in [2.24, 2.45) is 5.92 Å². The highest BCUT2D eigenvalue weighted by Gasteiger charge is 2.14. The Balaban J connectivity index is 1.51. The van der Waals surface area contributed by atoms with E-state index in [0.29, 0.717) is 12.5 Å². The topological polar surface area (TPSA) is 59.0 Å². The van der Waals surface area contributed by atoms with Crippen LogP contribution in [-0.4, -0.2) is 22.1 Å². The van der Waals surface area contributed by atoms with E-state index >= 15 is 0 Å². The van der Waals surface area contributed by atoms with E-state index in [1.165, 1.54) is 37.7 Å². The number of aryl methyl sites for hydroxylation is 1. The molecule has 2 N–H and O–H groups in total. The summed E-state index contributed by atoms with van der Waals surface area (Å²) in [7, 11) is 0. The number of hydrogen-bond acceptors (Lipinski definition) is 2. The van der Waals surface area contributed by atoms with Crippen LogP contribution in [0.15, 0.2) is 36.9 Å². The molecule has 0 bridgehead atoms. The van der Waals surface area contributed by atoms with Gasteiger partial charge in [-0.25, -0.2) is 9.78 Å².